The molecule has 2 aliphatic heterocycles. The molecule has 1 atom stereocenters. The van der Waals surface area contributed by atoms with Crippen LogP contribution < -0.4 is 10.6 Å². The largest absolute Gasteiger partial charge is 0.343 e. The quantitative estimate of drug-likeness (QED) is 0.414. The van der Waals surface area contributed by atoms with Crippen LogP contribution in [0.5, 0.6) is 0 Å². The summed E-state index contributed by atoms with van der Waals surface area (Å²) < 4.78 is 0.879. The average Bonchev–Trinajstić information content (AvgIpc) is 3.74. The lowest BCUT2D eigenvalue weighted by atomic mass is 9.79. The van der Waals surface area contributed by atoms with E-state index in [1.165, 1.54) is 19.3 Å². The second-order valence-corrected chi connectivity index (χ2v) is 12.2. The summed E-state index contributed by atoms with van der Waals surface area (Å²) in [6, 6.07) is 5.91. The van der Waals surface area contributed by atoms with Crippen LogP contribution >= 0.6 is 23.2 Å². The molecule has 2 saturated heterocycles. The Bertz CT molecular complexity index is 922. The van der Waals surface area contributed by atoms with E-state index in [1.807, 2.05) is 31.1 Å². The topological polar surface area (TPSA) is 61.4 Å². The molecule has 2 N–H and O–H groups in total. The zero-order chi connectivity index (χ0) is 25.8. The summed E-state index contributed by atoms with van der Waals surface area (Å²) in [4.78, 5) is 28.0. The minimum absolute atomic E-state index is 0.192. The molecule has 2 heterocycles. The number of likely N-dealkylation sites (N-methyl/N-ethyl adjacent to an activating group) is 1. The van der Waals surface area contributed by atoms with Gasteiger partial charge in [-0.2, -0.15) is 0 Å². The van der Waals surface area contributed by atoms with E-state index in [1.54, 1.807) is 0 Å². The first kappa shape index (κ1) is 27.8. The molecule has 1 saturated carbocycles. The van der Waals surface area contributed by atoms with Crippen molar-refractivity contribution in [3.63, 3.8) is 0 Å². The zero-order valence-electron chi connectivity index (χ0n) is 22.0. The number of quaternary nitrogens is 1. The van der Waals surface area contributed by atoms with Crippen LogP contribution in [0.3, 0.4) is 0 Å². The number of likely N-dealkylation sites (tertiary alicyclic amines) is 1. The van der Waals surface area contributed by atoms with E-state index >= 15 is 0 Å². The van der Waals surface area contributed by atoms with Crippen molar-refractivity contribution in [3.05, 3.63) is 33.8 Å². The highest BCUT2D eigenvalue weighted by Gasteiger charge is 2.57. The van der Waals surface area contributed by atoms with Gasteiger partial charge in [-0.15, -0.1) is 0 Å². The number of nitrogens with one attached hydrogen (secondary N) is 2. The van der Waals surface area contributed by atoms with Crippen LogP contribution in [0.1, 0.15) is 62.8 Å². The Morgan fingerprint density at radius 1 is 1.11 bits per heavy atom. The molecule has 1 unspecified atom stereocenters. The number of nitrogens with zero attached hydrogens (tertiary/aromatic N) is 2. The van der Waals surface area contributed by atoms with E-state index in [4.69, 9.17) is 23.2 Å². The van der Waals surface area contributed by atoms with Gasteiger partial charge < -0.3 is 20.0 Å². The summed E-state index contributed by atoms with van der Waals surface area (Å²) in [6.45, 7) is 5.98. The van der Waals surface area contributed by atoms with Gasteiger partial charge in [-0.1, -0.05) is 29.3 Å². The first-order valence-electron chi connectivity index (χ1n) is 13.7. The molecular weight excluding hydrogens is 495 g/mol. The summed E-state index contributed by atoms with van der Waals surface area (Å²) in [7, 11) is 3.82. The Labute approximate surface area is 226 Å². The molecule has 6 nitrogen and oxygen atoms in total. The fourth-order valence-corrected chi connectivity index (χ4v) is 6.91. The van der Waals surface area contributed by atoms with Crippen molar-refractivity contribution in [1.82, 2.24) is 15.5 Å². The Balaban J connectivity index is 1.58. The summed E-state index contributed by atoms with van der Waals surface area (Å²) in [6.07, 6.45) is 8.35. The highest BCUT2D eigenvalue weighted by molar-refractivity contribution is 6.42. The number of halogens is 2. The summed E-state index contributed by atoms with van der Waals surface area (Å²) in [5.74, 6) is 1.06. The minimum Gasteiger partial charge on any atom is -0.343 e. The molecule has 200 valence electrons. The average molecular weight is 539 g/mol. The predicted octanol–water partition coefficient (Wildman–Crippen LogP) is 4.25. The lowest BCUT2D eigenvalue weighted by molar-refractivity contribution is -0.972. The Morgan fingerprint density at radius 3 is 2.42 bits per heavy atom. The monoisotopic (exact) mass is 537 g/mol. The molecule has 0 aromatic heterocycles. The highest BCUT2D eigenvalue weighted by Crippen LogP contribution is 2.40. The van der Waals surface area contributed by atoms with Crippen molar-refractivity contribution in [1.29, 1.82) is 0 Å². The normalized spacial score (nSPS) is 22.1. The Morgan fingerprint density at radius 2 is 1.81 bits per heavy atom. The molecule has 0 spiro atoms. The van der Waals surface area contributed by atoms with Gasteiger partial charge in [0, 0.05) is 64.8 Å². The van der Waals surface area contributed by atoms with Crippen LogP contribution in [0.15, 0.2) is 18.2 Å². The Hall–Kier alpha value is -1.18. The van der Waals surface area contributed by atoms with Gasteiger partial charge in [0.15, 0.2) is 5.54 Å². The van der Waals surface area contributed by atoms with Gasteiger partial charge in [-0.3, -0.25) is 9.59 Å². The maximum atomic E-state index is 13.8. The predicted molar refractivity (Wildman–Crippen MR) is 147 cm³/mol. The van der Waals surface area contributed by atoms with E-state index in [0.29, 0.717) is 28.9 Å². The van der Waals surface area contributed by atoms with E-state index in [9.17, 15) is 9.59 Å². The maximum Gasteiger partial charge on any atom is 0.283 e. The third kappa shape index (κ3) is 6.10. The number of hydrogen-bond acceptors (Lipinski definition) is 4. The number of carbonyl (C=O) groups excluding carboxylic acids is 2. The fourth-order valence-electron chi connectivity index (χ4n) is 6.61. The number of rotatable bonds is 11. The van der Waals surface area contributed by atoms with Crippen LogP contribution in [-0.2, 0) is 9.59 Å². The van der Waals surface area contributed by atoms with Crippen molar-refractivity contribution in [3.8, 4) is 0 Å². The van der Waals surface area contributed by atoms with Crippen LogP contribution in [-0.4, -0.2) is 86.5 Å². The maximum absolute atomic E-state index is 13.8. The third-order valence-electron chi connectivity index (χ3n) is 8.86. The minimum atomic E-state index is -0.368. The molecule has 3 aliphatic rings. The van der Waals surface area contributed by atoms with Crippen molar-refractivity contribution >= 4 is 34.9 Å². The molecule has 1 aromatic carbocycles. The van der Waals surface area contributed by atoms with E-state index in [-0.39, 0.29) is 23.3 Å². The number of hydrogen-bond donors (Lipinski definition) is 2. The Kier molecular flexibility index (Phi) is 9.38. The van der Waals surface area contributed by atoms with Crippen molar-refractivity contribution < 1.29 is 14.1 Å². The summed E-state index contributed by atoms with van der Waals surface area (Å²) in [5.41, 5.74) is 0.774. The number of ketones is 1. The SMILES string of the molecule is CN(C)C(=O)C1([N+]2(CCC(CNCC(=O)C3CC3)c3ccc(Cl)c(Cl)c3)CCCCC2)CCNCC1. The number of amides is 1. The van der Waals surface area contributed by atoms with E-state index < -0.39 is 0 Å². The second kappa shape index (κ2) is 12.1. The molecule has 1 aliphatic carbocycles. The molecule has 0 bridgehead atoms. The van der Waals surface area contributed by atoms with Crippen molar-refractivity contribution in [2.45, 2.75) is 62.8 Å². The lowest BCUT2D eigenvalue weighted by Gasteiger charge is -2.56. The molecule has 8 heteroatoms. The van der Waals surface area contributed by atoms with Crippen LogP contribution in [0.2, 0.25) is 10.0 Å². The molecule has 1 aromatic rings. The highest BCUT2D eigenvalue weighted by atomic mass is 35.5. The molecule has 3 fully saturated rings. The van der Waals surface area contributed by atoms with Gasteiger partial charge >= 0.3 is 0 Å². The van der Waals surface area contributed by atoms with Gasteiger partial charge in [0.05, 0.1) is 36.2 Å². The van der Waals surface area contributed by atoms with Crippen LogP contribution in [0.4, 0.5) is 0 Å². The summed E-state index contributed by atoms with van der Waals surface area (Å²) >= 11 is 12.7. The van der Waals surface area contributed by atoms with E-state index in [0.717, 1.165) is 74.9 Å². The molecule has 1 amide bonds. The smallest absolute Gasteiger partial charge is 0.283 e. The number of benzene rings is 1. The van der Waals surface area contributed by atoms with Crippen molar-refractivity contribution in [2.24, 2.45) is 5.92 Å². The first-order chi connectivity index (χ1) is 17.3. The van der Waals surface area contributed by atoms with Gasteiger partial charge in [0.25, 0.3) is 5.91 Å². The molecular formula is C28H43Cl2N4O2+. The molecule has 4 rings (SSSR count). The zero-order valence-corrected chi connectivity index (χ0v) is 23.5. The number of Topliss-reactive ketones (excluding diaryl/α,β-unsaturated/α-hetero) is 1. The second-order valence-electron chi connectivity index (χ2n) is 11.4. The van der Waals surface area contributed by atoms with Crippen molar-refractivity contribution in [2.75, 3.05) is 59.9 Å². The summed E-state index contributed by atoms with van der Waals surface area (Å²) in [5, 5.41) is 8.07. The number of carbonyl (C=O) groups is 2. The third-order valence-corrected chi connectivity index (χ3v) is 9.60. The standard InChI is InChI=1S/C28H43Cl2N4O2/c1-33(2)27(36)28(11-13-31-14-12-28)34(15-4-3-5-16-34)17-10-23(19-32-20-26(35)21-6-7-21)22-8-9-24(29)25(30)18-22/h8-9,18,21,23,31-32H,3-7,10-17,19-20H2,1-2H3/q+1. The van der Waals surface area contributed by atoms with Gasteiger partial charge in [-0.25, -0.2) is 0 Å². The van der Waals surface area contributed by atoms with Crippen LogP contribution in [0, 0.1) is 5.92 Å². The molecule has 36 heavy (non-hydrogen) atoms. The number of piperidine rings is 2. The van der Waals surface area contributed by atoms with Crippen LogP contribution in [0.25, 0.3) is 0 Å². The van der Waals surface area contributed by atoms with E-state index in [2.05, 4.69) is 16.7 Å². The lowest BCUT2D eigenvalue weighted by Crippen LogP contribution is -2.74. The van der Waals surface area contributed by atoms with Gasteiger partial charge in [-0.05, 0) is 49.8 Å². The fraction of sp³-hybridized carbons (Fsp3) is 0.714. The first-order valence-corrected chi connectivity index (χ1v) is 14.5. The van der Waals surface area contributed by atoms with Gasteiger partial charge in [0.2, 0.25) is 0 Å². The van der Waals surface area contributed by atoms with Gasteiger partial charge in [0.1, 0.15) is 5.78 Å². The molecule has 0 radical (unpaired) electrons.